The summed E-state index contributed by atoms with van der Waals surface area (Å²) < 4.78 is 7.22. The number of nitrogens with one attached hydrogen (secondary N) is 3. The maximum absolute atomic E-state index is 11.5. The third-order valence-corrected chi connectivity index (χ3v) is 6.44. The number of rotatable bonds is 4. The van der Waals surface area contributed by atoms with Crippen molar-refractivity contribution in [2.45, 2.75) is 31.6 Å². The highest BCUT2D eigenvalue weighted by Gasteiger charge is 2.27. The molecule has 0 radical (unpaired) electrons. The van der Waals surface area contributed by atoms with E-state index >= 15 is 0 Å². The molecule has 1 amide bonds. The SMILES string of the molecule is O=C1COc2ccc(NCC3CCC(c4nnn5cnc6[nH]ccc6c45)CC3)cc2N1. The van der Waals surface area contributed by atoms with Gasteiger partial charge in [0.25, 0.3) is 5.91 Å². The lowest BCUT2D eigenvalue weighted by Gasteiger charge is -2.28. The van der Waals surface area contributed by atoms with Crippen molar-refractivity contribution in [3.05, 3.63) is 42.5 Å². The third-order valence-electron chi connectivity index (χ3n) is 6.44. The Morgan fingerprint density at radius 3 is 3.00 bits per heavy atom. The Bertz CT molecular complexity index is 1270. The van der Waals surface area contributed by atoms with Gasteiger partial charge in [-0.25, -0.2) is 9.50 Å². The number of hydrogen-bond acceptors (Lipinski definition) is 6. The van der Waals surface area contributed by atoms with Gasteiger partial charge in [-0.15, -0.1) is 5.10 Å². The van der Waals surface area contributed by atoms with Crippen LogP contribution in [0.25, 0.3) is 16.6 Å². The third kappa shape index (κ3) is 3.26. The summed E-state index contributed by atoms with van der Waals surface area (Å²) in [6, 6.07) is 7.89. The number of aromatic amines is 1. The van der Waals surface area contributed by atoms with Gasteiger partial charge in [0, 0.05) is 29.7 Å². The van der Waals surface area contributed by atoms with Crippen molar-refractivity contribution in [2.24, 2.45) is 5.92 Å². The lowest BCUT2D eigenvalue weighted by Crippen LogP contribution is -2.25. The zero-order valence-electron chi connectivity index (χ0n) is 17.0. The molecule has 6 rings (SSSR count). The smallest absolute Gasteiger partial charge is 0.262 e. The van der Waals surface area contributed by atoms with Crippen LogP contribution in [-0.4, -0.2) is 43.9 Å². The Morgan fingerprint density at radius 1 is 1.19 bits per heavy atom. The maximum atomic E-state index is 11.5. The van der Waals surface area contributed by atoms with E-state index in [-0.39, 0.29) is 12.5 Å². The van der Waals surface area contributed by atoms with Crippen molar-refractivity contribution in [3.63, 3.8) is 0 Å². The molecule has 0 bridgehead atoms. The first kappa shape index (κ1) is 18.2. The zero-order chi connectivity index (χ0) is 20.8. The number of carbonyl (C=O) groups excluding carboxylic acids is 1. The van der Waals surface area contributed by atoms with E-state index in [2.05, 4.69) is 30.9 Å². The number of ether oxygens (including phenoxy) is 1. The molecule has 4 heterocycles. The van der Waals surface area contributed by atoms with Crippen LogP contribution in [0, 0.1) is 5.92 Å². The summed E-state index contributed by atoms with van der Waals surface area (Å²) in [5, 5.41) is 16.3. The van der Waals surface area contributed by atoms with Gasteiger partial charge in [-0.1, -0.05) is 5.21 Å². The van der Waals surface area contributed by atoms with E-state index in [1.54, 1.807) is 10.8 Å². The fraction of sp³-hybridized carbons (Fsp3) is 0.364. The molecule has 0 atom stereocenters. The van der Waals surface area contributed by atoms with Crippen LogP contribution >= 0.6 is 0 Å². The predicted molar refractivity (Wildman–Crippen MR) is 116 cm³/mol. The number of carbonyl (C=O) groups is 1. The molecule has 158 valence electrons. The van der Waals surface area contributed by atoms with E-state index in [1.165, 1.54) is 0 Å². The van der Waals surface area contributed by atoms with Crippen LogP contribution in [0.2, 0.25) is 0 Å². The van der Waals surface area contributed by atoms with Crippen LogP contribution in [-0.2, 0) is 4.79 Å². The standard InChI is InChI=1S/C22H23N7O2/c30-19-11-31-18-6-5-15(9-17(18)26-19)24-10-13-1-3-14(4-2-13)20-21-16-7-8-23-22(16)25-12-29(21)28-27-20/h5-9,12-14,23-24H,1-4,10-11H2,(H,26,30). The van der Waals surface area contributed by atoms with Crippen molar-refractivity contribution in [2.75, 3.05) is 23.8 Å². The van der Waals surface area contributed by atoms with Gasteiger partial charge in [0.15, 0.2) is 6.61 Å². The van der Waals surface area contributed by atoms with E-state index in [0.29, 0.717) is 11.8 Å². The van der Waals surface area contributed by atoms with Crippen molar-refractivity contribution < 1.29 is 9.53 Å². The molecule has 1 saturated carbocycles. The molecule has 0 unspecified atom stereocenters. The van der Waals surface area contributed by atoms with Crippen LogP contribution in [0.4, 0.5) is 11.4 Å². The average Bonchev–Trinajstić information content (AvgIpc) is 3.44. The molecular formula is C22H23N7O2. The second kappa shape index (κ2) is 7.26. The van der Waals surface area contributed by atoms with Crippen LogP contribution in [0.1, 0.15) is 37.3 Å². The molecule has 0 saturated heterocycles. The van der Waals surface area contributed by atoms with E-state index < -0.39 is 0 Å². The second-order valence-electron chi connectivity index (χ2n) is 8.40. The molecule has 0 spiro atoms. The largest absolute Gasteiger partial charge is 0.482 e. The molecule has 31 heavy (non-hydrogen) atoms. The summed E-state index contributed by atoms with van der Waals surface area (Å²) in [6.07, 6.45) is 8.12. The first-order chi connectivity index (χ1) is 15.2. The van der Waals surface area contributed by atoms with Crippen molar-refractivity contribution in [1.29, 1.82) is 0 Å². The fourth-order valence-corrected chi connectivity index (χ4v) is 4.79. The monoisotopic (exact) mass is 417 g/mol. The van der Waals surface area contributed by atoms with Gasteiger partial charge < -0.3 is 20.4 Å². The summed E-state index contributed by atoms with van der Waals surface area (Å²) in [7, 11) is 0. The first-order valence-corrected chi connectivity index (χ1v) is 10.7. The second-order valence-corrected chi connectivity index (χ2v) is 8.40. The van der Waals surface area contributed by atoms with Gasteiger partial charge in [0.1, 0.15) is 23.2 Å². The number of H-pyrrole nitrogens is 1. The van der Waals surface area contributed by atoms with Crippen LogP contribution in [0.5, 0.6) is 5.75 Å². The zero-order valence-corrected chi connectivity index (χ0v) is 17.0. The summed E-state index contributed by atoms with van der Waals surface area (Å²) >= 11 is 0. The van der Waals surface area contributed by atoms with Crippen molar-refractivity contribution in [1.82, 2.24) is 24.8 Å². The minimum atomic E-state index is -0.114. The Morgan fingerprint density at radius 2 is 2.10 bits per heavy atom. The van der Waals surface area contributed by atoms with Gasteiger partial charge >= 0.3 is 0 Å². The number of fused-ring (bicyclic) bond motifs is 4. The molecule has 4 aromatic rings. The van der Waals surface area contributed by atoms with Gasteiger partial charge in [-0.3, -0.25) is 4.79 Å². The predicted octanol–water partition coefficient (Wildman–Crippen LogP) is 3.32. The highest BCUT2D eigenvalue weighted by atomic mass is 16.5. The van der Waals surface area contributed by atoms with Crippen LogP contribution in [0.3, 0.4) is 0 Å². The number of nitrogens with zero attached hydrogens (tertiary/aromatic N) is 4. The molecule has 9 nitrogen and oxygen atoms in total. The Kier molecular flexibility index (Phi) is 4.26. The quantitative estimate of drug-likeness (QED) is 0.470. The molecule has 3 N–H and O–H groups in total. The van der Waals surface area contributed by atoms with Gasteiger partial charge in [0.05, 0.1) is 11.4 Å². The Balaban J connectivity index is 1.11. The van der Waals surface area contributed by atoms with Crippen molar-refractivity contribution >= 4 is 33.8 Å². The lowest BCUT2D eigenvalue weighted by molar-refractivity contribution is -0.118. The van der Waals surface area contributed by atoms with Crippen molar-refractivity contribution in [3.8, 4) is 5.75 Å². The van der Waals surface area contributed by atoms with E-state index in [0.717, 1.165) is 71.6 Å². The minimum absolute atomic E-state index is 0.0800. The van der Waals surface area contributed by atoms with Gasteiger partial charge in [0.2, 0.25) is 0 Å². The molecule has 9 heteroatoms. The number of amides is 1. The Hall–Kier alpha value is -3.62. The number of benzene rings is 1. The molecule has 1 aliphatic carbocycles. The lowest BCUT2D eigenvalue weighted by atomic mass is 9.80. The molecule has 1 aliphatic heterocycles. The highest BCUT2D eigenvalue weighted by molar-refractivity contribution is 5.96. The van der Waals surface area contributed by atoms with E-state index in [1.807, 2.05) is 30.5 Å². The average molecular weight is 417 g/mol. The van der Waals surface area contributed by atoms with E-state index in [4.69, 9.17) is 4.74 Å². The maximum Gasteiger partial charge on any atom is 0.262 e. The summed E-state index contributed by atoms with van der Waals surface area (Å²) in [5.41, 5.74) is 4.77. The van der Waals surface area contributed by atoms with E-state index in [9.17, 15) is 4.79 Å². The topological polar surface area (TPSA) is 109 Å². The normalized spacial score (nSPS) is 21.0. The van der Waals surface area contributed by atoms with Gasteiger partial charge in [-0.05, 0) is 55.9 Å². The molecule has 1 fully saturated rings. The summed E-state index contributed by atoms with van der Waals surface area (Å²) in [6.45, 7) is 0.991. The molecule has 3 aromatic heterocycles. The van der Waals surface area contributed by atoms with Gasteiger partial charge in [-0.2, -0.15) is 0 Å². The molecular weight excluding hydrogens is 394 g/mol. The number of hydrogen-bond donors (Lipinski definition) is 3. The summed E-state index contributed by atoms with van der Waals surface area (Å²) in [5.74, 6) is 1.63. The fourth-order valence-electron chi connectivity index (χ4n) is 4.79. The molecule has 1 aromatic carbocycles. The summed E-state index contributed by atoms with van der Waals surface area (Å²) in [4.78, 5) is 19.1. The van der Waals surface area contributed by atoms with Crippen LogP contribution in [0.15, 0.2) is 36.8 Å². The minimum Gasteiger partial charge on any atom is -0.482 e. The van der Waals surface area contributed by atoms with Crippen LogP contribution < -0.4 is 15.4 Å². The number of aromatic nitrogens is 5. The molecule has 2 aliphatic rings. The number of anilines is 2. The first-order valence-electron chi connectivity index (χ1n) is 10.7. The Labute approximate surface area is 178 Å². The highest BCUT2D eigenvalue weighted by Crippen LogP contribution is 2.38.